The Labute approximate surface area is 196 Å². The number of halogens is 6. The first kappa shape index (κ1) is 26.4. The summed E-state index contributed by atoms with van der Waals surface area (Å²) in [6.45, 7) is 4.72. The molecule has 1 N–H and O–H groups in total. The van der Waals surface area contributed by atoms with E-state index in [2.05, 4.69) is 5.32 Å². The van der Waals surface area contributed by atoms with E-state index in [1.54, 1.807) is 20.0 Å². The second-order valence-electron chi connectivity index (χ2n) is 8.10. The van der Waals surface area contributed by atoms with Crippen molar-refractivity contribution in [1.29, 1.82) is 0 Å². The van der Waals surface area contributed by atoms with Gasteiger partial charge < -0.3 is 10.2 Å². The monoisotopic (exact) mass is 492 g/mol. The molecule has 1 amide bonds. The Bertz CT molecular complexity index is 967. The Morgan fingerprint density at radius 3 is 2.53 bits per heavy atom. The molecule has 2 aromatic rings. The first-order valence-electron chi connectivity index (χ1n) is 10.1. The highest BCUT2D eigenvalue weighted by Gasteiger charge is 2.36. The van der Waals surface area contributed by atoms with Gasteiger partial charge in [-0.2, -0.15) is 13.2 Å². The zero-order chi connectivity index (χ0) is 22.9. The average molecular weight is 493 g/mol. The molecule has 2 aromatic carbocycles. The topological polar surface area (TPSA) is 32.3 Å². The molecule has 3 rings (SSSR count). The summed E-state index contributed by atoms with van der Waals surface area (Å²) in [5.41, 5.74) is 1.14. The van der Waals surface area contributed by atoms with Gasteiger partial charge in [0.1, 0.15) is 5.82 Å². The lowest BCUT2D eigenvalue weighted by Crippen LogP contribution is -2.44. The molecule has 3 nitrogen and oxygen atoms in total. The summed E-state index contributed by atoms with van der Waals surface area (Å²) >= 11 is 5.92. The number of hydrogen-bond acceptors (Lipinski definition) is 2. The van der Waals surface area contributed by atoms with Crippen molar-refractivity contribution < 1.29 is 22.4 Å². The maximum atomic E-state index is 13.6. The summed E-state index contributed by atoms with van der Waals surface area (Å²) in [5, 5.41) is 3.26. The summed E-state index contributed by atoms with van der Waals surface area (Å²) in [4.78, 5) is 14.9. The molecule has 3 atom stereocenters. The standard InChI is InChI=1S/C23H25ClF4N2O.ClH/c1-13-8-18(25)4-5-19(13)21-12-29-7-6-20(21)22(31)30(3)14(2)15-9-16(23(26,27)28)11-17(24)10-15;/h4-5,8-11,14,20-21,29H,6-7,12H2,1-3H3;1H/t14?,20-,21+;/m1./s1. The van der Waals surface area contributed by atoms with E-state index in [4.69, 9.17) is 11.6 Å². The van der Waals surface area contributed by atoms with Crippen molar-refractivity contribution in [2.24, 2.45) is 5.92 Å². The number of alkyl halides is 3. The van der Waals surface area contributed by atoms with Crippen molar-refractivity contribution in [2.45, 2.75) is 38.4 Å². The number of nitrogens with one attached hydrogen (secondary N) is 1. The number of benzene rings is 2. The smallest absolute Gasteiger partial charge is 0.339 e. The molecule has 1 saturated heterocycles. The van der Waals surface area contributed by atoms with Crippen LogP contribution in [0.15, 0.2) is 36.4 Å². The molecule has 0 spiro atoms. The van der Waals surface area contributed by atoms with E-state index in [1.807, 2.05) is 6.92 Å². The third-order valence-electron chi connectivity index (χ3n) is 6.09. The van der Waals surface area contributed by atoms with Crippen molar-refractivity contribution in [3.63, 3.8) is 0 Å². The van der Waals surface area contributed by atoms with Gasteiger partial charge in [0.2, 0.25) is 5.91 Å². The molecule has 1 unspecified atom stereocenters. The highest BCUT2D eigenvalue weighted by atomic mass is 35.5. The number of nitrogens with zero attached hydrogens (tertiary/aromatic N) is 1. The molecule has 1 aliphatic rings. The van der Waals surface area contributed by atoms with Crippen LogP contribution in [0, 0.1) is 18.7 Å². The van der Waals surface area contributed by atoms with Crippen molar-refractivity contribution in [1.82, 2.24) is 10.2 Å². The van der Waals surface area contributed by atoms with Gasteiger partial charge in [-0.05, 0) is 73.8 Å². The molecule has 1 heterocycles. The Kier molecular flexibility index (Phi) is 8.59. The number of carbonyl (C=O) groups excluding carboxylic acids is 1. The lowest BCUT2D eigenvalue weighted by Gasteiger charge is -2.37. The minimum Gasteiger partial charge on any atom is -0.339 e. The van der Waals surface area contributed by atoms with Gasteiger partial charge in [-0.15, -0.1) is 12.4 Å². The Balaban J connectivity index is 0.00000363. The van der Waals surface area contributed by atoms with Crippen molar-refractivity contribution in [3.8, 4) is 0 Å². The predicted molar refractivity (Wildman–Crippen MR) is 120 cm³/mol. The molecular weight excluding hydrogens is 467 g/mol. The Hall–Kier alpha value is -1.83. The summed E-state index contributed by atoms with van der Waals surface area (Å²) in [6, 6.07) is 7.30. The summed E-state index contributed by atoms with van der Waals surface area (Å²) in [7, 11) is 1.60. The maximum Gasteiger partial charge on any atom is 0.416 e. The minimum absolute atomic E-state index is 0. The number of hydrogen-bond donors (Lipinski definition) is 1. The molecule has 0 radical (unpaired) electrons. The van der Waals surface area contributed by atoms with Crippen LogP contribution in [0.2, 0.25) is 5.02 Å². The van der Waals surface area contributed by atoms with Gasteiger partial charge in [-0.3, -0.25) is 4.79 Å². The van der Waals surface area contributed by atoms with Gasteiger partial charge in [-0.25, -0.2) is 4.39 Å². The maximum absolute atomic E-state index is 13.6. The van der Waals surface area contributed by atoms with E-state index < -0.39 is 17.8 Å². The van der Waals surface area contributed by atoms with E-state index in [9.17, 15) is 22.4 Å². The van der Waals surface area contributed by atoms with Crippen LogP contribution >= 0.6 is 24.0 Å². The number of aryl methyl sites for hydroxylation is 1. The second-order valence-corrected chi connectivity index (χ2v) is 8.54. The van der Waals surface area contributed by atoms with Gasteiger partial charge in [0.05, 0.1) is 11.6 Å². The molecule has 1 fully saturated rings. The molecule has 176 valence electrons. The third-order valence-corrected chi connectivity index (χ3v) is 6.31. The number of rotatable bonds is 4. The van der Waals surface area contributed by atoms with E-state index in [0.717, 1.165) is 23.3 Å². The first-order chi connectivity index (χ1) is 14.5. The highest BCUT2D eigenvalue weighted by Crippen LogP contribution is 2.37. The summed E-state index contributed by atoms with van der Waals surface area (Å²) < 4.78 is 53.1. The number of carbonyl (C=O) groups is 1. The molecule has 0 aromatic heterocycles. The number of piperidine rings is 1. The largest absolute Gasteiger partial charge is 0.416 e. The highest BCUT2D eigenvalue weighted by molar-refractivity contribution is 6.30. The van der Waals surface area contributed by atoms with Crippen LogP contribution in [0.5, 0.6) is 0 Å². The fourth-order valence-corrected chi connectivity index (χ4v) is 4.47. The molecule has 0 saturated carbocycles. The van der Waals surface area contributed by atoms with Crippen LogP contribution in [-0.4, -0.2) is 30.9 Å². The van der Waals surface area contributed by atoms with Crippen LogP contribution in [-0.2, 0) is 11.0 Å². The zero-order valence-corrected chi connectivity index (χ0v) is 19.5. The van der Waals surface area contributed by atoms with E-state index >= 15 is 0 Å². The van der Waals surface area contributed by atoms with Gasteiger partial charge in [-0.1, -0.05) is 17.7 Å². The van der Waals surface area contributed by atoms with Crippen LogP contribution in [0.25, 0.3) is 0 Å². The molecule has 1 aliphatic heterocycles. The quantitative estimate of drug-likeness (QED) is 0.519. The van der Waals surface area contributed by atoms with Crippen LogP contribution in [0.4, 0.5) is 17.6 Å². The summed E-state index contributed by atoms with van der Waals surface area (Å²) in [5.74, 6) is -1.00. The Morgan fingerprint density at radius 1 is 1.22 bits per heavy atom. The fourth-order valence-electron chi connectivity index (χ4n) is 4.23. The zero-order valence-electron chi connectivity index (χ0n) is 18.0. The SMILES string of the molecule is Cc1cc(F)ccc1[C@@H]1CNCC[C@H]1C(=O)N(C)C(C)c1cc(Cl)cc(C(F)(F)F)c1.Cl. The van der Waals surface area contributed by atoms with Crippen LogP contribution in [0.1, 0.15) is 47.6 Å². The first-order valence-corrected chi connectivity index (χ1v) is 10.5. The van der Waals surface area contributed by atoms with Crippen LogP contribution < -0.4 is 5.32 Å². The molecule has 0 aliphatic carbocycles. The lowest BCUT2D eigenvalue weighted by molar-refractivity contribution is -0.137. The molecule has 32 heavy (non-hydrogen) atoms. The molecule has 9 heteroatoms. The molecular formula is C23H26Cl2F4N2O. The van der Waals surface area contributed by atoms with Crippen molar-refractivity contribution >= 4 is 29.9 Å². The van der Waals surface area contributed by atoms with Gasteiger partial charge in [0.25, 0.3) is 0 Å². The Morgan fingerprint density at radius 2 is 1.91 bits per heavy atom. The van der Waals surface area contributed by atoms with E-state index in [-0.39, 0.29) is 41.0 Å². The minimum atomic E-state index is -4.53. The van der Waals surface area contributed by atoms with Gasteiger partial charge >= 0.3 is 6.18 Å². The third kappa shape index (κ3) is 5.74. The van der Waals surface area contributed by atoms with E-state index in [1.165, 1.54) is 23.1 Å². The molecule has 0 bridgehead atoms. The van der Waals surface area contributed by atoms with Gasteiger partial charge in [0.15, 0.2) is 0 Å². The number of amides is 1. The van der Waals surface area contributed by atoms with Crippen molar-refractivity contribution in [2.75, 3.05) is 20.1 Å². The normalized spacial score (nSPS) is 19.8. The average Bonchev–Trinajstić information content (AvgIpc) is 2.71. The van der Waals surface area contributed by atoms with Crippen molar-refractivity contribution in [3.05, 3.63) is 69.5 Å². The second kappa shape index (κ2) is 10.4. The van der Waals surface area contributed by atoms with Crippen LogP contribution in [0.3, 0.4) is 0 Å². The fraction of sp³-hybridized carbons (Fsp3) is 0.435. The summed E-state index contributed by atoms with van der Waals surface area (Å²) in [6.07, 6.45) is -3.94. The van der Waals surface area contributed by atoms with Gasteiger partial charge in [0, 0.05) is 30.5 Å². The predicted octanol–water partition coefficient (Wildman–Crippen LogP) is 6.14. The lowest BCUT2D eigenvalue weighted by atomic mass is 9.79. The van der Waals surface area contributed by atoms with E-state index in [0.29, 0.717) is 25.1 Å².